The normalized spacial score (nSPS) is 12.8. The SMILES string of the molecule is COc1cccc(-c2cccc(C(CC(=O)O)N(Cc3ccccc3)C(C)c3ccccc3)c2)c1. The van der Waals surface area contributed by atoms with Gasteiger partial charge in [0.2, 0.25) is 0 Å². The quantitative estimate of drug-likeness (QED) is 0.270. The Bertz CT molecular complexity index is 1240. The van der Waals surface area contributed by atoms with Crippen molar-refractivity contribution in [3.63, 3.8) is 0 Å². The first-order valence-corrected chi connectivity index (χ1v) is 11.9. The molecule has 0 amide bonds. The highest BCUT2D eigenvalue weighted by Gasteiger charge is 2.28. The van der Waals surface area contributed by atoms with Crippen molar-refractivity contribution in [2.24, 2.45) is 0 Å². The third-order valence-corrected chi connectivity index (χ3v) is 6.43. The molecule has 0 heterocycles. The molecule has 2 atom stereocenters. The van der Waals surface area contributed by atoms with Crippen LogP contribution in [0.4, 0.5) is 0 Å². The summed E-state index contributed by atoms with van der Waals surface area (Å²) >= 11 is 0. The van der Waals surface area contributed by atoms with Crippen LogP contribution in [-0.4, -0.2) is 23.1 Å². The molecule has 0 aliphatic carbocycles. The average molecular weight is 466 g/mol. The number of hydrogen-bond donors (Lipinski definition) is 1. The van der Waals surface area contributed by atoms with Crippen molar-refractivity contribution >= 4 is 5.97 Å². The van der Waals surface area contributed by atoms with Gasteiger partial charge in [0.15, 0.2) is 0 Å². The topological polar surface area (TPSA) is 49.8 Å². The Morgan fingerprint density at radius 1 is 0.800 bits per heavy atom. The number of rotatable bonds is 10. The molecule has 35 heavy (non-hydrogen) atoms. The van der Waals surface area contributed by atoms with E-state index in [1.54, 1.807) is 7.11 Å². The highest BCUT2D eigenvalue weighted by atomic mass is 16.5. The fourth-order valence-corrected chi connectivity index (χ4v) is 4.55. The van der Waals surface area contributed by atoms with Crippen molar-refractivity contribution in [2.75, 3.05) is 7.11 Å². The summed E-state index contributed by atoms with van der Waals surface area (Å²) < 4.78 is 5.41. The molecule has 4 nitrogen and oxygen atoms in total. The van der Waals surface area contributed by atoms with Gasteiger partial charge in [-0.2, -0.15) is 0 Å². The van der Waals surface area contributed by atoms with Crippen molar-refractivity contribution in [2.45, 2.75) is 32.0 Å². The van der Waals surface area contributed by atoms with Crippen molar-refractivity contribution in [1.82, 2.24) is 4.90 Å². The van der Waals surface area contributed by atoms with Gasteiger partial charge in [-0.05, 0) is 52.9 Å². The van der Waals surface area contributed by atoms with E-state index >= 15 is 0 Å². The number of methoxy groups -OCH3 is 1. The van der Waals surface area contributed by atoms with Crippen LogP contribution in [0.3, 0.4) is 0 Å². The standard InChI is InChI=1S/C31H31NO3/c1-23(25-13-7-4-8-14-25)32(22-24-11-5-3-6-12-24)30(21-31(33)34)28-17-9-15-26(19-28)27-16-10-18-29(20-27)35-2/h3-20,23,30H,21-22H2,1-2H3,(H,33,34). The number of carbonyl (C=O) groups is 1. The van der Waals surface area contributed by atoms with Gasteiger partial charge < -0.3 is 9.84 Å². The van der Waals surface area contributed by atoms with Crippen molar-refractivity contribution in [3.8, 4) is 16.9 Å². The van der Waals surface area contributed by atoms with Crippen molar-refractivity contribution < 1.29 is 14.6 Å². The lowest BCUT2D eigenvalue weighted by Gasteiger charge is -2.37. The molecular formula is C31H31NO3. The molecule has 0 spiro atoms. The van der Waals surface area contributed by atoms with Gasteiger partial charge in [0.1, 0.15) is 5.75 Å². The molecule has 178 valence electrons. The summed E-state index contributed by atoms with van der Waals surface area (Å²) in [5.74, 6) is -0.0292. The molecule has 0 saturated carbocycles. The monoisotopic (exact) mass is 465 g/mol. The summed E-state index contributed by atoms with van der Waals surface area (Å²) in [4.78, 5) is 14.4. The van der Waals surface area contributed by atoms with Gasteiger partial charge in [-0.1, -0.05) is 91.0 Å². The van der Waals surface area contributed by atoms with Gasteiger partial charge in [0.25, 0.3) is 0 Å². The van der Waals surface area contributed by atoms with Crippen LogP contribution in [0.1, 0.15) is 42.1 Å². The van der Waals surface area contributed by atoms with Gasteiger partial charge in [0, 0.05) is 18.6 Å². The van der Waals surface area contributed by atoms with Crippen LogP contribution in [-0.2, 0) is 11.3 Å². The summed E-state index contributed by atoms with van der Waals surface area (Å²) in [6, 6.07) is 36.3. The van der Waals surface area contributed by atoms with E-state index < -0.39 is 5.97 Å². The fourth-order valence-electron chi connectivity index (χ4n) is 4.55. The van der Waals surface area contributed by atoms with Crippen LogP contribution in [0.25, 0.3) is 11.1 Å². The summed E-state index contributed by atoms with van der Waals surface area (Å²) in [6.07, 6.45) is 0.00553. The Kier molecular flexibility index (Phi) is 7.96. The van der Waals surface area contributed by atoms with Crippen LogP contribution in [0.2, 0.25) is 0 Å². The van der Waals surface area contributed by atoms with Crippen LogP contribution >= 0.6 is 0 Å². The zero-order valence-corrected chi connectivity index (χ0v) is 20.2. The maximum Gasteiger partial charge on any atom is 0.305 e. The summed E-state index contributed by atoms with van der Waals surface area (Å²) in [7, 11) is 1.66. The van der Waals surface area contributed by atoms with Crippen molar-refractivity contribution in [1.29, 1.82) is 0 Å². The highest BCUT2D eigenvalue weighted by molar-refractivity contribution is 5.69. The Balaban J connectivity index is 1.77. The fraction of sp³-hybridized carbons (Fsp3) is 0.194. The Morgan fingerprint density at radius 2 is 1.40 bits per heavy atom. The van der Waals surface area contributed by atoms with Gasteiger partial charge in [-0.3, -0.25) is 9.69 Å². The first-order valence-electron chi connectivity index (χ1n) is 11.9. The molecule has 0 bridgehead atoms. The molecule has 0 saturated heterocycles. The number of nitrogens with zero attached hydrogens (tertiary/aromatic N) is 1. The van der Waals surface area contributed by atoms with Gasteiger partial charge >= 0.3 is 5.97 Å². The van der Waals surface area contributed by atoms with E-state index in [0.29, 0.717) is 6.54 Å². The first kappa shape index (κ1) is 24.2. The number of hydrogen-bond acceptors (Lipinski definition) is 3. The molecule has 0 aliphatic heterocycles. The second kappa shape index (κ2) is 11.5. The van der Waals surface area contributed by atoms with Gasteiger partial charge in [-0.25, -0.2) is 0 Å². The zero-order valence-electron chi connectivity index (χ0n) is 20.2. The maximum absolute atomic E-state index is 12.1. The minimum Gasteiger partial charge on any atom is -0.497 e. The molecule has 4 heteroatoms. The van der Waals surface area contributed by atoms with Crippen molar-refractivity contribution in [3.05, 3.63) is 126 Å². The second-order valence-electron chi connectivity index (χ2n) is 8.72. The minimum atomic E-state index is -0.819. The van der Waals surface area contributed by atoms with Gasteiger partial charge in [-0.15, -0.1) is 0 Å². The molecule has 0 aromatic heterocycles. The number of benzene rings is 4. The Morgan fingerprint density at radius 3 is 2.06 bits per heavy atom. The molecule has 4 aromatic rings. The molecular weight excluding hydrogens is 434 g/mol. The maximum atomic E-state index is 12.1. The van der Waals surface area contributed by atoms with Gasteiger partial charge in [0.05, 0.1) is 13.5 Å². The second-order valence-corrected chi connectivity index (χ2v) is 8.72. The third kappa shape index (κ3) is 6.17. The molecule has 0 fully saturated rings. The van der Waals surface area contributed by atoms with Crippen LogP contribution in [0.5, 0.6) is 5.75 Å². The third-order valence-electron chi connectivity index (χ3n) is 6.43. The predicted octanol–water partition coefficient (Wildman–Crippen LogP) is 7.14. The molecule has 0 radical (unpaired) electrons. The molecule has 4 rings (SSSR count). The summed E-state index contributed by atoms with van der Waals surface area (Å²) in [5.41, 5.74) is 5.35. The van der Waals surface area contributed by atoms with E-state index in [1.807, 2.05) is 72.8 Å². The van der Waals surface area contributed by atoms with Crippen LogP contribution in [0.15, 0.2) is 109 Å². The Labute approximate surface area is 207 Å². The lowest BCUT2D eigenvalue weighted by molar-refractivity contribution is -0.138. The number of ether oxygens (including phenoxy) is 1. The largest absolute Gasteiger partial charge is 0.497 e. The van der Waals surface area contributed by atoms with E-state index in [2.05, 4.69) is 48.2 Å². The average Bonchev–Trinajstić information content (AvgIpc) is 2.91. The lowest BCUT2D eigenvalue weighted by Crippen LogP contribution is -2.32. The minimum absolute atomic E-state index is 0.00553. The van der Waals surface area contributed by atoms with E-state index in [9.17, 15) is 9.90 Å². The molecule has 2 unspecified atom stereocenters. The smallest absolute Gasteiger partial charge is 0.305 e. The number of carboxylic acids is 1. The molecule has 1 N–H and O–H groups in total. The molecule has 4 aromatic carbocycles. The molecule has 0 aliphatic rings. The predicted molar refractivity (Wildman–Crippen MR) is 140 cm³/mol. The first-order chi connectivity index (χ1) is 17.0. The van der Waals surface area contributed by atoms with Crippen LogP contribution < -0.4 is 4.74 Å². The number of carboxylic acid groups (broad SMARTS) is 1. The van der Waals surface area contributed by atoms with E-state index in [1.165, 1.54) is 0 Å². The van der Waals surface area contributed by atoms with E-state index in [-0.39, 0.29) is 18.5 Å². The van der Waals surface area contributed by atoms with E-state index in [0.717, 1.165) is 33.6 Å². The van der Waals surface area contributed by atoms with Crippen LogP contribution in [0, 0.1) is 0 Å². The summed E-state index contributed by atoms with van der Waals surface area (Å²) in [6.45, 7) is 2.79. The Hall–Kier alpha value is -3.89. The van der Waals surface area contributed by atoms with E-state index in [4.69, 9.17) is 4.74 Å². The highest BCUT2D eigenvalue weighted by Crippen LogP contribution is 2.36. The zero-order chi connectivity index (χ0) is 24.6. The number of aliphatic carboxylic acids is 1. The lowest BCUT2D eigenvalue weighted by atomic mass is 9.94. The summed E-state index contributed by atoms with van der Waals surface area (Å²) in [5, 5.41) is 9.92.